The molecule has 2 aromatic rings. The number of carbonyl (C=O) groups is 1. The van der Waals surface area contributed by atoms with E-state index >= 15 is 0 Å². The predicted octanol–water partition coefficient (Wildman–Crippen LogP) is 6.37. The Bertz CT molecular complexity index is 802. The van der Waals surface area contributed by atoms with Gasteiger partial charge in [0.05, 0.1) is 11.6 Å². The first kappa shape index (κ1) is 21.1. The van der Waals surface area contributed by atoms with Crippen LogP contribution in [0, 0.1) is 0 Å². The third kappa shape index (κ3) is 4.69. The summed E-state index contributed by atoms with van der Waals surface area (Å²) < 4.78 is 5.53. The van der Waals surface area contributed by atoms with Crippen LogP contribution in [0.2, 0.25) is 5.02 Å². The Morgan fingerprint density at radius 3 is 2.57 bits per heavy atom. The third-order valence-corrected chi connectivity index (χ3v) is 6.33. The Balaban J connectivity index is 0.00000225. The first-order valence-electron chi connectivity index (χ1n) is 10.1. The normalized spacial score (nSPS) is 19.4. The molecule has 1 aromatic carbocycles. The van der Waals surface area contributed by atoms with Gasteiger partial charge in [0, 0.05) is 11.2 Å². The van der Waals surface area contributed by atoms with Gasteiger partial charge in [0.2, 0.25) is 0 Å². The van der Waals surface area contributed by atoms with Crippen molar-refractivity contribution in [3.63, 3.8) is 0 Å². The summed E-state index contributed by atoms with van der Waals surface area (Å²) in [6.45, 7) is 0.222. The van der Waals surface area contributed by atoms with Gasteiger partial charge in [0.25, 0.3) is 0 Å². The minimum Gasteiger partial charge on any atom is -0.459 e. The molecule has 3 nitrogen and oxygen atoms in total. The number of hydrogen-bond acceptors (Lipinski definition) is 3. The summed E-state index contributed by atoms with van der Waals surface area (Å²) in [7, 11) is 0. The van der Waals surface area contributed by atoms with Crippen molar-refractivity contribution in [3.8, 4) is 0 Å². The van der Waals surface area contributed by atoms with E-state index in [-0.39, 0.29) is 30.9 Å². The monoisotopic (exact) mass is 419 g/mol. The zero-order valence-electron chi connectivity index (χ0n) is 16.0. The summed E-state index contributed by atoms with van der Waals surface area (Å²) >= 11 is 6.68. The number of benzene rings is 1. The van der Waals surface area contributed by atoms with Crippen LogP contribution in [0.1, 0.15) is 79.2 Å². The van der Waals surface area contributed by atoms with Crippen molar-refractivity contribution in [3.05, 3.63) is 63.9 Å². The smallest absolute Gasteiger partial charge is 0.313 e. The van der Waals surface area contributed by atoms with Crippen LogP contribution in [0.5, 0.6) is 0 Å². The first-order chi connectivity index (χ1) is 13.2. The lowest BCUT2D eigenvalue weighted by Crippen LogP contribution is -2.14. The molecule has 1 unspecified atom stereocenters. The average Bonchev–Trinajstić information content (AvgIpc) is 2.91. The highest BCUT2D eigenvalue weighted by Gasteiger charge is 2.32. The quantitative estimate of drug-likeness (QED) is 0.426. The van der Waals surface area contributed by atoms with E-state index in [4.69, 9.17) is 16.3 Å². The lowest BCUT2D eigenvalue weighted by Gasteiger charge is -2.19. The number of esters is 1. The van der Waals surface area contributed by atoms with Crippen molar-refractivity contribution in [2.24, 2.45) is 0 Å². The van der Waals surface area contributed by atoms with Gasteiger partial charge in [-0.05, 0) is 66.5 Å². The summed E-state index contributed by atoms with van der Waals surface area (Å²) in [4.78, 5) is 16.8. The van der Waals surface area contributed by atoms with Crippen molar-refractivity contribution in [2.75, 3.05) is 0 Å². The molecule has 1 saturated carbocycles. The number of aromatic nitrogens is 1. The number of nitrogens with zero attached hydrogens (tertiary/aromatic N) is 1. The Kier molecular flexibility index (Phi) is 7.36. The molecule has 1 atom stereocenters. The van der Waals surface area contributed by atoms with E-state index in [0.29, 0.717) is 5.92 Å². The number of pyridine rings is 1. The molecule has 1 fully saturated rings. The Labute approximate surface area is 178 Å². The maximum Gasteiger partial charge on any atom is 0.313 e. The number of carbonyl (C=O) groups excluding carboxylic acids is 1. The zero-order valence-corrected chi connectivity index (χ0v) is 17.6. The van der Waals surface area contributed by atoms with Crippen molar-refractivity contribution >= 4 is 30.0 Å². The molecule has 4 rings (SSSR count). The fourth-order valence-corrected chi connectivity index (χ4v) is 4.85. The van der Waals surface area contributed by atoms with E-state index in [2.05, 4.69) is 11.1 Å². The summed E-state index contributed by atoms with van der Waals surface area (Å²) in [5.74, 6) is 0.197. The number of aryl methyl sites for hydroxylation is 1. The van der Waals surface area contributed by atoms with Crippen LogP contribution in [0.25, 0.3) is 0 Å². The summed E-state index contributed by atoms with van der Waals surface area (Å²) in [5.41, 5.74) is 4.40. The lowest BCUT2D eigenvalue weighted by molar-refractivity contribution is -0.146. The van der Waals surface area contributed by atoms with E-state index in [9.17, 15) is 4.79 Å². The van der Waals surface area contributed by atoms with Crippen molar-refractivity contribution in [1.82, 2.24) is 4.98 Å². The van der Waals surface area contributed by atoms with Gasteiger partial charge in [0.15, 0.2) is 0 Å². The Hall–Kier alpha value is -1.58. The largest absolute Gasteiger partial charge is 0.459 e. The van der Waals surface area contributed by atoms with Gasteiger partial charge in [-0.25, -0.2) is 0 Å². The lowest BCUT2D eigenvalue weighted by atomic mass is 9.89. The van der Waals surface area contributed by atoms with Gasteiger partial charge in [-0.2, -0.15) is 0 Å². The van der Waals surface area contributed by atoms with Crippen LogP contribution < -0.4 is 0 Å². The molecule has 1 aromatic heterocycles. The second kappa shape index (κ2) is 9.76. The van der Waals surface area contributed by atoms with Crippen LogP contribution in [0.4, 0.5) is 0 Å². The zero-order chi connectivity index (χ0) is 18.6. The topological polar surface area (TPSA) is 39.2 Å². The molecule has 0 saturated heterocycles. The van der Waals surface area contributed by atoms with Gasteiger partial charge in [-0.15, -0.1) is 12.4 Å². The number of hydrogen-bond donors (Lipinski definition) is 0. The van der Waals surface area contributed by atoms with Crippen LogP contribution in [0.3, 0.4) is 0 Å². The standard InChI is InChI=1S/C23H26ClNO2.ClH/c24-22-14-20-17(13-21(22)16-7-3-1-2-4-8-16)10-11-19(20)23(26)27-15-18-9-5-6-12-25-18;/h5-6,9,12-14,16,19H,1-4,7-8,10-11,15H2;1H. The predicted molar refractivity (Wildman–Crippen MR) is 114 cm³/mol. The van der Waals surface area contributed by atoms with Gasteiger partial charge in [-0.3, -0.25) is 9.78 Å². The first-order valence-corrected chi connectivity index (χ1v) is 10.5. The minimum absolute atomic E-state index is 0. The number of halogens is 2. The van der Waals surface area contributed by atoms with Crippen LogP contribution >= 0.6 is 24.0 Å². The number of fused-ring (bicyclic) bond motifs is 1. The van der Waals surface area contributed by atoms with E-state index < -0.39 is 0 Å². The number of ether oxygens (including phenoxy) is 1. The second-order valence-corrected chi connectivity index (χ2v) is 8.19. The summed E-state index contributed by atoms with van der Waals surface area (Å²) in [6, 6.07) is 9.94. The molecule has 0 radical (unpaired) electrons. The molecule has 150 valence electrons. The fraction of sp³-hybridized carbons (Fsp3) is 0.478. The third-order valence-electron chi connectivity index (χ3n) is 6.00. The molecule has 0 spiro atoms. The Morgan fingerprint density at radius 2 is 1.86 bits per heavy atom. The molecule has 5 heteroatoms. The van der Waals surface area contributed by atoms with E-state index in [0.717, 1.165) is 29.1 Å². The maximum atomic E-state index is 12.6. The van der Waals surface area contributed by atoms with E-state index in [1.54, 1.807) is 6.20 Å². The summed E-state index contributed by atoms with van der Waals surface area (Å²) in [5, 5.41) is 0.824. The van der Waals surface area contributed by atoms with Crippen LogP contribution in [0.15, 0.2) is 36.5 Å². The molecule has 2 aliphatic rings. The van der Waals surface area contributed by atoms with Gasteiger partial charge >= 0.3 is 5.97 Å². The van der Waals surface area contributed by atoms with Gasteiger partial charge < -0.3 is 4.74 Å². The van der Waals surface area contributed by atoms with Crippen molar-refractivity contribution < 1.29 is 9.53 Å². The van der Waals surface area contributed by atoms with Crippen LogP contribution in [-0.2, 0) is 22.6 Å². The number of rotatable bonds is 4. The highest BCUT2D eigenvalue weighted by Crippen LogP contribution is 2.42. The Morgan fingerprint density at radius 1 is 1.07 bits per heavy atom. The highest BCUT2D eigenvalue weighted by molar-refractivity contribution is 6.31. The van der Waals surface area contributed by atoms with E-state index in [1.807, 2.05) is 24.3 Å². The van der Waals surface area contributed by atoms with Crippen LogP contribution in [-0.4, -0.2) is 11.0 Å². The molecule has 0 N–H and O–H groups in total. The molecule has 1 heterocycles. The van der Waals surface area contributed by atoms with Gasteiger partial charge in [-0.1, -0.05) is 49.4 Å². The molecule has 28 heavy (non-hydrogen) atoms. The van der Waals surface area contributed by atoms with Gasteiger partial charge in [0.1, 0.15) is 6.61 Å². The van der Waals surface area contributed by atoms with Crippen molar-refractivity contribution in [1.29, 1.82) is 0 Å². The molecule has 2 aliphatic carbocycles. The second-order valence-electron chi connectivity index (χ2n) is 7.78. The molecular formula is C23H27Cl2NO2. The van der Waals surface area contributed by atoms with Crippen molar-refractivity contribution in [2.45, 2.75) is 69.8 Å². The molecule has 0 aliphatic heterocycles. The average molecular weight is 420 g/mol. The SMILES string of the molecule is Cl.O=C(OCc1ccccn1)C1CCc2cc(C3CCCCCC3)c(Cl)cc21. The minimum atomic E-state index is -0.204. The fourth-order valence-electron chi connectivity index (χ4n) is 4.53. The van der Waals surface area contributed by atoms with E-state index in [1.165, 1.54) is 49.7 Å². The highest BCUT2D eigenvalue weighted by atomic mass is 35.5. The molecule has 0 bridgehead atoms. The maximum absolute atomic E-state index is 12.6. The summed E-state index contributed by atoms with van der Waals surface area (Å²) in [6.07, 6.45) is 11.2. The molecular weight excluding hydrogens is 393 g/mol. The molecule has 0 amide bonds.